The van der Waals surface area contributed by atoms with Gasteiger partial charge in [0.15, 0.2) is 0 Å². The molecule has 0 unspecified atom stereocenters. The highest BCUT2D eigenvalue weighted by molar-refractivity contribution is 5.49. The minimum atomic E-state index is 0.489. The molecule has 0 N–H and O–H groups in total. The molecule has 2 aromatic rings. The molecule has 0 radical (unpaired) electrons. The van der Waals surface area contributed by atoms with Crippen LogP contribution in [0.3, 0.4) is 0 Å². The number of nitrogens with zero attached hydrogens (tertiary/aromatic N) is 1. The number of benzene rings is 2. The van der Waals surface area contributed by atoms with Gasteiger partial charge < -0.3 is 4.74 Å². The molecular formula is C20H23NO. The van der Waals surface area contributed by atoms with Gasteiger partial charge in [0.25, 0.3) is 0 Å². The average molecular weight is 293 g/mol. The van der Waals surface area contributed by atoms with Gasteiger partial charge in [0.1, 0.15) is 18.4 Å². The molecule has 0 spiro atoms. The van der Waals surface area contributed by atoms with Crippen LogP contribution in [0.4, 0.5) is 0 Å². The number of hydrogen-bond donors (Lipinski definition) is 0. The third kappa shape index (κ3) is 4.36. The van der Waals surface area contributed by atoms with E-state index in [-0.39, 0.29) is 0 Å². The van der Waals surface area contributed by atoms with Crippen LogP contribution in [0.2, 0.25) is 0 Å². The summed E-state index contributed by atoms with van der Waals surface area (Å²) in [6, 6.07) is 16.5. The van der Waals surface area contributed by atoms with E-state index in [4.69, 9.17) is 4.74 Å². The third-order valence-electron chi connectivity index (χ3n) is 3.73. The monoisotopic (exact) mass is 293 g/mol. The van der Waals surface area contributed by atoms with Gasteiger partial charge in [-0.1, -0.05) is 55.8 Å². The minimum Gasteiger partial charge on any atom is -0.488 e. The fourth-order valence-electron chi connectivity index (χ4n) is 2.32. The minimum absolute atomic E-state index is 0.489. The largest absolute Gasteiger partial charge is 0.488 e. The van der Waals surface area contributed by atoms with Crippen LogP contribution < -0.4 is 4.74 Å². The summed E-state index contributed by atoms with van der Waals surface area (Å²) in [5.74, 6) is 1.31. The third-order valence-corrected chi connectivity index (χ3v) is 3.73. The zero-order chi connectivity index (χ0) is 15.9. The summed E-state index contributed by atoms with van der Waals surface area (Å²) in [6.07, 6.45) is 2.00. The van der Waals surface area contributed by atoms with E-state index in [9.17, 15) is 5.26 Å². The lowest BCUT2D eigenvalue weighted by atomic mass is 9.98. The number of nitriles is 1. The maximum atomic E-state index is 9.47. The van der Waals surface area contributed by atoms with Crippen LogP contribution in [-0.2, 0) is 13.0 Å². The summed E-state index contributed by atoms with van der Waals surface area (Å²) in [5.41, 5.74) is 4.10. The van der Waals surface area contributed by atoms with Crippen molar-refractivity contribution in [3.63, 3.8) is 0 Å². The van der Waals surface area contributed by atoms with E-state index in [1.54, 1.807) is 0 Å². The number of hydrogen-bond acceptors (Lipinski definition) is 2. The normalized spacial score (nSPS) is 10.5. The maximum Gasteiger partial charge on any atom is 0.137 e. The van der Waals surface area contributed by atoms with Gasteiger partial charge in [-0.05, 0) is 42.9 Å². The summed E-state index contributed by atoms with van der Waals surface area (Å²) in [5, 5.41) is 9.47. The Bertz CT molecular complexity index is 650. The molecule has 0 fully saturated rings. The average Bonchev–Trinajstić information content (AvgIpc) is 2.52. The number of rotatable bonds is 6. The first-order chi connectivity index (χ1) is 10.6. The molecule has 0 heterocycles. The van der Waals surface area contributed by atoms with E-state index in [0.717, 1.165) is 24.0 Å². The van der Waals surface area contributed by atoms with Gasteiger partial charge in [-0.15, -0.1) is 0 Å². The second-order valence-corrected chi connectivity index (χ2v) is 6.11. The first-order valence-corrected chi connectivity index (χ1v) is 7.80. The highest BCUT2D eigenvalue weighted by atomic mass is 16.5. The summed E-state index contributed by atoms with van der Waals surface area (Å²) in [6.45, 7) is 6.95. The molecule has 0 amide bonds. The predicted molar refractivity (Wildman–Crippen MR) is 89.8 cm³/mol. The van der Waals surface area contributed by atoms with E-state index in [1.165, 1.54) is 5.56 Å². The van der Waals surface area contributed by atoms with Crippen LogP contribution in [0.5, 0.6) is 5.75 Å². The molecule has 0 saturated carbocycles. The fraction of sp³-hybridized carbons (Fsp3) is 0.350. The van der Waals surface area contributed by atoms with Crippen LogP contribution in [0.25, 0.3) is 0 Å². The van der Waals surface area contributed by atoms with Crippen LogP contribution >= 0.6 is 0 Å². The molecule has 0 saturated heterocycles. The molecule has 0 aliphatic rings. The molecule has 114 valence electrons. The molecule has 2 aromatic carbocycles. The molecule has 2 nitrogen and oxygen atoms in total. The summed E-state index contributed by atoms with van der Waals surface area (Å²) < 4.78 is 5.88. The molecule has 0 atom stereocenters. The lowest BCUT2D eigenvalue weighted by Crippen LogP contribution is -2.01. The quantitative estimate of drug-likeness (QED) is 0.748. The van der Waals surface area contributed by atoms with Gasteiger partial charge in [-0.3, -0.25) is 0 Å². The first-order valence-electron chi connectivity index (χ1n) is 7.80. The van der Waals surface area contributed by atoms with Crippen molar-refractivity contribution < 1.29 is 4.74 Å². The Morgan fingerprint density at radius 2 is 1.82 bits per heavy atom. The zero-order valence-electron chi connectivity index (χ0n) is 13.6. The molecule has 0 aromatic heterocycles. The van der Waals surface area contributed by atoms with Crippen LogP contribution in [0, 0.1) is 24.2 Å². The smallest absolute Gasteiger partial charge is 0.137 e. The highest BCUT2D eigenvalue weighted by Gasteiger charge is 2.10. The summed E-state index contributed by atoms with van der Waals surface area (Å²) in [7, 11) is 0. The van der Waals surface area contributed by atoms with E-state index >= 15 is 0 Å². The molecule has 0 bridgehead atoms. The van der Waals surface area contributed by atoms with Gasteiger partial charge in [0.2, 0.25) is 0 Å². The summed E-state index contributed by atoms with van der Waals surface area (Å²) in [4.78, 5) is 0. The molecule has 22 heavy (non-hydrogen) atoms. The summed E-state index contributed by atoms with van der Waals surface area (Å²) >= 11 is 0. The van der Waals surface area contributed by atoms with Gasteiger partial charge in [-0.2, -0.15) is 5.26 Å². The molecule has 2 heteroatoms. The highest BCUT2D eigenvalue weighted by Crippen LogP contribution is 2.24. The van der Waals surface area contributed by atoms with Crippen molar-refractivity contribution in [3.8, 4) is 11.8 Å². The second kappa shape index (κ2) is 7.66. The standard InChI is InChI=1S/C20H23NO/c1-15(2)7-12-18-5-4-6-20(19(18)13-21)22-14-17-10-8-16(3)9-11-17/h4-6,8-11,15H,7,12,14H2,1-3H3. The SMILES string of the molecule is Cc1ccc(COc2cccc(CCC(C)C)c2C#N)cc1. The van der Waals surface area contributed by atoms with Crippen LogP contribution in [0.1, 0.15) is 42.5 Å². The van der Waals surface area contributed by atoms with E-state index in [2.05, 4.69) is 51.1 Å². The van der Waals surface area contributed by atoms with Crippen LogP contribution in [-0.4, -0.2) is 0 Å². The van der Waals surface area contributed by atoms with E-state index in [1.807, 2.05) is 18.2 Å². The van der Waals surface area contributed by atoms with Gasteiger partial charge in [0, 0.05) is 0 Å². The first kappa shape index (κ1) is 16.1. The Labute approximate surface area is 133 Å². The number of aryl methyl sites for hydroxylation is 2. The predicted octanol–water partition coefficient (Wildman–Crippen LogP) is 5.03. The van der Waals surface area contributed by atoms with Crippen LogP contribution in [0.15, 0.2) is 42.5 Å². The molecule has 0 aliphatic carbocycles. The lowest BCUT2D eigenvalue weighted by Gasteiger charge is -2.12. The second-order valence-electron chi connectivity index (χ2n) is 6.11. The molecular weight excluding hydrogens is 270 g/mol. The van der Waals surface area contributed by atoms with E-state index in [0.29, 0.717) is 23.8 Å². The Hall–Kier alpha value is -2.27. The van der Waals surface area contributed by atoms with Crippen molar-refractivity contribution in [2.45, 2.75) is 40.2 Å². The topological polar surface area (TPSA) is 33.0 Å². The van der Waals surface area contributed by atoms with Crippen molar-refractivity contribution in [3.05, 3.63) is 64.7 Å². The van der Waals surface area contributed by atoms with Crippen molar-refractivity contribution in [1.82, 2.24) is 0 Å². The Balaban J connectivity index is 2.11. The van der Waals surface area contributed by atoms with Gasteiger partial charge in [0.05, 0.1) is 5.56 Å². The zero-order valence-corrected chi connectivity index (χ0v) is 13.6. The Kier molecular flexibility index (Phi) is 5.61. The number of ether oxygens (including phenoxy) is 1. The van der Waals surface area contributed by atoms with Crippen molar-refractivity contribution >= 4 is 0 Å². The van der Waals surface area contributed by atoms with Crippen molar-refractivity contribution in [1.29, 1.82) is 5.26 Å². The molecule has 0 aliphatic heterocycles. The Morgan fingerprint density at radius 1 is 1.09 bits per heavy atom. The fourth-order valence-corrected chi connectivity index (χ4v) is 2.32. The molecule has 2 rings (SSSR count). The van der Waals surface area contributed by atoms with E-state index < -0.39 is 0 Å². The lowest BCUT2D eigenvalue weighted by molar-refractivity contribution is 0.305. The van der Waals surface area contributed by atoms with Crippen molar-refractivity contribution in [2.24, 2.45) is 5.92 Å². The van der Waals surface area contributed by atoms with Crippen molar-refractivity contribution in [2.75, 3.05) is 0 Å². The maximum absolute atomic E-state index is 9.47. The van der Waals surface area contributed by atoms with Gasteiger partial charge in [-0.25, -0.2) is 0 Å². The van der Waals surface area contributed by atoms with Gasteiger partial charge >= 0.3 is 0 Å². The Morgan fingerprint density at radius 3 is 2.45 bits per heavy atom.